The second-order valence-electron chi connectivity index (χ2n) is 5.10. The highest BCUT2D eigenvalue weighted by Crippen LogP contribution is 2.27. The van der Waals surface area contributed by atoms with Crippen molar-refractivity contribution < 1.29 is 4.74 Å². The van der Waals surface area contributed by atoms with E-state index in [1.807, 2.05) is 18.7 Å². The Balaban J connectivity index is 1.71. The molecule has 1 aliphatic heterocycles. The van der Waals surface area contributed by atoms with Crippen LogP contribution in [-0.4, -0.2) is 39.7 Å². The molecule has 0 spiro atoms. The van der Waals surface area contributed by atoms with E-state index in [1.54, 1.807) is 19.5 Å². The molecule has 0 bridgehead atoms. The Kier molecular flexibility index (Phi) is 3.80. The van der Waals surface area contributed by atoms with Gasteiger partial charge in [-0.2, -0.15) is 0 Å². The zero-order valence-corrected chi connectivity index (χ0v) is 11.6. The highest BCUT2D eigenvalue weighted by molar-refractivity contribution is 5.48. The molecule has 0 saturated carbocycles. The number of nitrogens with zero attached hydrogens (tertiary/aromatic N) is 5. The molecule has 3 heterocycles. The van der Waals surface area contributed by atoms with Gasteiger partial charge in [0.25, 0.3) is 5.88 Å². The number of aromatic nitrogens is 4. The highest BCUT2D eigenvalue weighted by Gasteiger charge is 2.23. The van der Waals surface area contributed by atoms with Crippen LogP contribution in [0.4, 0.5) is 5.82 Å². The molecule has 2 aromatic heterocycles. The number of hydrogen-bond acceptors (Lipinski definition) is 5. The fraction of sp³-hybridized carbons (Fsp3) is 0.500. The number of rotatable bonds is 4. The van der Waals surface area contributed by atoms with Gasteiger partial charge in [-0.05, 0) is 18.8 Å². The normalized spacial score (nSPS) is 19.1. The summed E-state index contributed by atoms with van der Waals surface area (Å²) >= 11 is 0. The van der Waals surface area contributed by atoms with Gasteiger partial charge in [0.1, 0.15) is 0 Å². The Labute approximate surface area is 118 Å². The Hall–Kier alpha value is -2.11. The summed E-state index contributed by atoms with van der Waals surface area (Å²) in [7, 11) is 1.64. The van der Waals surface area contributed by atoms with Crippen LogP contribution < -0.4 is 9.64 Å². The van der Waals surface area contributed by atoms with Gasteiger partial charge in [-0.15, -0.1) is 0 Å². The van der Waals surface area contributed by atoms with Gasteiger partial charge in [-0.25, -0.2) is 15.0 Å². The van der Waals surface area contributed by atoms with E-state index in [2.05, 4.69) is 24.4 Å². The molecule has 106 valence electrons. The second kappa shape index (κ2) is 5.90. The van der Waals surface area contributed by atoms with Crippen molar-refractivity contribution in [1.29, 1.82) is 0 Å². The van der Waals surface area contributed by atoms with Gasteiger partial charge in [0.2, 0.25) is 0 Å². The maximum absolute atomic E-state index is 5.31. The van der Waals surface area contributed by atoms with Crippen molar-refractivity contribution in [2.75, 3.05) is 25.1 Å². The van der Waals surface area contributed by atoms with Crippen molar-refractivity contribution in [3.05, 3.63) is 31.1 Å². The van der Waals surface area contributed by atoms with Crippen molar-refractivity contribution in [1.82, 2.24) is 19.5 Å². The SMILES string of the molecule is COc1nccnc1N1CCC[C@@H](Cn2ccnc2)C1. The third-order valence-corrected chi connectivity index (χ3v) is 3.69. The Morgan fingerprint density at radius 2 is 2.20 bits per heavy atom. The predicted molar refractivity (Wildman–Crippen MR) is 75.7 cm³/mol. The lowest BCUT2D eigenvalue weighted by Gasteiger charge is -2.33. The summed E-state index contributed by atoms with van der Waals surface area (Å²) in [6, 6.07) is 0. The first-order chi connectivity index (χ1) is 9.86. The molecule has 0 N–H and O–H groups in total. The summed E-state index contributed by atoms with van der Waals surface area (Å²) in [5.41, 5.74) is 0. The van der Waals surface area contributed by atoms with Crippen LogP contribution in [-0.2, 0) is 6.54 Å². The zero-order chi connectivity index (χ0) is 13.8. The molecule has 1 aliphatic rings. The molecule has 2 aromatic rings. The quantitative estimate of drug-likeness (QED) is 0.847. The number of methoxy groups -OCH3 is 1. The van der Waals surface area contributed by atoms with Gasteiger partial charge in [0.05, 0.1) is 13.4 Å². The Morgan fingerprint density at radius 1 is 1.30 bits per heavy atom. The first kappa shape index (κ1) is 12.9. The summed E-state index contributed by atoms with van der Waals surface area (Å²) in [6.07, 6.45) is 11.5. The van der Waals surface area contributed by atoms with E-state index in [9.17, 15) is 0 Å². The summed E-state index contributed by atoms with van der Waals surface area (Å²) in [5.74, 6) is 2.06. The average Bonchev–Trinajstić information content (AvgIpc) is 3.00. The van der Waals surface area contributed by atoms with Crippen LogP contribution in [0, 0.1) is 5.92 Å². The molecule has 1 fully saturated rings. The third-order valence-electron chi connectivity index (χ3n) is 3.69. The summed E-state index contributed by atoms with van der Waals surface area (Å²) in [6.45, 7) is 2.99. The van der Waals surface area contributed by atoms with Crippen LogP contribution >= 0.6 is 0 Å². The number of imidazole rings is 1. The monoisotopic (exact) mass is 273 g/mol. The van der Waals surface area contributed by atoms with Crippen LogP contribution in [0.1, 0.15) is 12.8 Å². The summed E-state index contributed by atoms with van der Waals surface area (Å²) in [5, 5.41) is 0. The van der Waals surface area contributed by atoms with Gasteiger partial charge in [-0.1, -0.05) is 0 Å². The van der Waals surface area contributed by atoms with E-state index in [-0.39, 0.29) is 0 Å². The minimum atomic E-state index is 0.602. The van der Waals surface area contributed by atoms with Crippen LogP contribution in [0.5, 0.6) is 5.88 Å². The van der Waals surface area contributed by atoms with E-state index >= 15 is 0 Å². The molecule has 3 rings (SSSR count). The lowest BCUT2D eigenvalue weighted by atomic mass is 9.98. The van der Waals surface area contributed by atoms with Crippen LogP contribution in [0.3, 0.4) is 0 Å². The van der Waals surface area contributed by atoms with Crippen molar-refractivity contribution in [2.24, 2.45) is 5.92 Å². The van der Waals surface area contributed by atoms with Gasteiger partial charge in [-0.3, -0.25) is 0 Å². The second-order valence-corrected chi connectivity index (χ2v) is 5.10. The summed E-state index contributed by atoms with van der Waals surface area (Å²) in [4.78, 5) is 15.0. The van der Waals surface area contributed by atoms with Gasteiger partial charge in [0.15, 0.2) is 5.82 Å². The molecule has 0 amide bonds. The van der Waals surface area contributed by atoms with Crippen molar-refractivity contribution in [2.45, 2.75) is 19.4 Å². The smallest absolute Gasteiger partial charge is 0.257 e. The van der Waals surface area contributed by atoms with Crippen molar-refractivity contribution in [3.8, 4) is 5.88 Å². The van der Waals surface area contributed by atoms with E-state index in [0.29, 0.717) is 11.8 Å². The first-order valence-corrected chi connectivity index (χ1v) is 6.92. The van der Waals surface area contributed by atoms with Gasteiger partial charge < -0.3 is 14.2 Å². The maximum Gasteiger partial charge on any atom is 0.257 e. The fourth-order valence-electron chi connectivity index (χ4n) is 2.78. The molecule has 20 heavy (non-hydrogen) atoms. The molecule has 6 heteroatoms. The lowest BCUT2D eigenvalue weighted by molar-refractivity contribution is 0.356. The molecule has 0 unspecified atom stereocenters. The van der Waals surface area contributed by atoms with Gasteiger partial charge in [0, 0.05) is 44.4 Å². The van der Waals surface area contributed by atoms with Crippen LogP contribution in [0.25, 0.3) is 0 Å². The van der Waals surface area contributed by atoms with Crippen molar-refractivity contribution >= 4 is 5.82 Å². The largest absolute Gasteiger partial charge is 0.478 e. The minimum Gasteiger partial charge on any atom is -0.478 e. The average molecular weight is 273 g/mol. The van der Waals surface area contributed by atoms with Gasteiger partial charge >= 0.3 is 0 Å². The topological polar surface area (TPSA) is 56.1 Å². The molecule has 1 saturated heterocycles. The standard InChI is InChI=1S/C14H19N5O/c1-20-14-13(16-4-5-17-14)19-7-2-3-12(10-19)9-18-8-6-15-11-18/h4-6,8,11-12H,2-3,7,9-10H2,1H3/t12-/m0/s1. The molecule has 0 radical (unpaired) electrons. The Bertz CT molecular complexity index is 542. The van der Waals surface area contributed by atoms with Crippen LogP contribution in [0.2, 0.25) is 0 Å². The van der Waals surface area contributed by atoms with E-state index in [4.69, 9.17) is 4.74 Å². The molecule has 0 aromatic carbocycles. The Morgan fingerprint density at radius 3 is 3.00 bits per heavy atom. The third kappa shape index (κ3) is 2.74. The molecule has 6 nitrogen and oxygen atoms in total. The zero-order valence-electron chi connectivity index (χ0n) is 11.6. The number of anilines is 1. The molecular weight excluding hydrogens is 254 g/mol. The fourth-order valence-corrected chi connectivity index (χ4v) is 2.78. The van der Waals surface area contributed by atoms with E-state index in [1.165, 1.54) is 12.8 Å². The summed E-state index contributed by atoms with van der Waals surface area (Å²) < 4.78 is 7.45. The van der Waals surface area contributed by atoms with E-state index in [0.717, 1.165) is 25.5 Å². The molecule has 0 aliphatic carbocycles. The molecule has 1 atom stereocenters. The van der Waals surface area contributed by atoms with E-state index < -0.39 is 0 Å². The van der Waals surface area contributed by atoms with Crippen LogP contribution in [0.15, 0.2) is 31.1 Å². The number of piperidine rings is 1. The molecular formula is C14H19N5O. The highest BCUT2D eigenvalue weighted by atomic mass is 16.5. The first-order valence-electron chi connectivity index (χ1n) is 6.92. The number of hydrogen-bond donors (Lipinski definition) is 0. The van der Waals surface area contributed by atoms with Crippen molar-refractivity contribution in [3.63, 3.8) is 0 Å². The maximum atomic E-state index is 5.31. The number of ether oxygens (including phenoxy) is 1. The lowest BCUT2D eigenvalue weighted by Crippen LogP contribution is -2.37. The predicted octanol–water partition coefficient (Wildman–Crippen LogP) is 1.60. The minimum absolute atomic E-state index is 0.602.